The Balaban J connectivity index is 0.000000213. The van der Waals surface area contributed by atoms with Gasteiger partial charge in [-0.25, -0.2) is 0 Å². The fourth-order valence-electron chi connectivity index (χ4n) is 0.727. The second-order valence-corrected chi connectivity index (χ2v) is 2.99. The van der Waals surface area contributed by atoms with Crippen LogP contribution < -0.4 is 0 Å². The standard InChI is InChI=1S/C6H4N2S.C3H8/c1-2-4-6-5(3-1)7-9-8-6;1-3-2/h1-4H;3H2,1-2H3. The smallest absolute Gasteiger partial charge is 0.104 e. The quantitative estimate of drug-likeness (QED) is 0.622. The molecule has 2 rings (SSSR count). The predicted octanol–water partition coefficient (Wildman–Crippen LogP) is 3.11. The lowest BCUT2D eigenvalue weighted by Gasteiger charge is -1.78. The number of aromatic nitrogens is 2. The van der Waals surface area contributed by atoms with Crippen molar-refractivity contribution in [2.24, 2.45) is 0 Å². The van der Waals surface area contributed by atoms with E-state index in [9.17, 15) is 0 Å². The lowest BCUT2D eigenvalue weighted by molar-refractivity contribution is 1.09. The zero-order valence-corrected chi connectivity index (χ0v) is 8.14. The highest BCUT2D eigenvalue weighted by Gasteiger charge is 1.91. The van der Waals surface area contributed by atoms with E-state index in [4.69, 9.17) is 0 Å². The van der Waals surface area contributed by atoms with Crippen LogP contribution in [-0.2, 0) is 0 Å². The van der Waals surface area contributed by atoms with Crippen LogP contribution in [0.15, 0.2) is 24.3 Å². The predicted molar refractivity (Wildman–Crippen MR) is 53.4 cm³/mol. The van der Waals surface area contributed by atoms with E-state index in [2.05, 4.69) is 22.6 Å². The van der Waals surface area contributed by atoms with Gasteiger partial charge in [0.05, 0.1) is 11.7 Å². The topological polar surface area (TPSA) is 25.8 Å². The van der Waals surface area contributed by atoms with Gasteiger partial charge in [0.2, 0.25) is 0 Å². The summed E-state index contributed by atoms with van der Waals surface area (Å²) in [6.07, 6.45) is 1.25. The largest absolute Gasteiger partial charge is 0.173 e. The maximum atomic E-state index is 4.05. The van der Waals surface area contributed by atoms with Crippen LogP contribution in [0.5, 0.6) is 0 Å². The third kappa shape index (κ3) is 2.27. The van der Waals surface area contributed by atoms with Crippen LogP contribution in [0.3, 0.4) is 0 Å². The van der Waals surface area contributed by atoms with E-state index in [1.165, 1.54) is 18.1 Å². The van der Waals surface area contributed by atoms with Gasteiger partial charge >= 0.3 is 0 Å². The molecule has 3 heteroatoms. The molecule has 0 spiro atoms. The summed E-state index contributed by atoms with van der Waals surface area (Å²) in [7, 11) is 0. The van der Waals surface area contributed by atoms with Gasteiger partial charge in [-0.1, -0.05) is 32.4 Å². The summed E-state index contributed by atoms with van der Waals surface area (Å²) in [6.45, 7) is 4.25. The van der Waals surface area contributed by atoms with Crippen molar-refractivity contribution in [3.8, 4) is 0 Å². The van der Waals surface area contributed by atoms with Crippen molar-refractivity contribution >= 4 is 22.8 Å². The van der Waals surface area contributed by atoms with Crippen molar-refractivity contribution in [1.82, 2.24) is 8.75 Å². The summed E-state index contributed by atoms with van der Waals surface area (Å²) in [5, 5.41) is 0. The number of rotatable bonds is 0. The molecule has 1 heterocycles. The van der Waals surface area contributed by atoms with Gasteiger partial charge in [0, 0.05) is 0 Å². The van der Waals surface area contributed by atoms with Crippen molar-refractivity contribution in [1.29, 1.82) is 0 Å². The molecule has 0 unspecified atom stereocenters. The lowest BCUT2D eigenvalue weighted by atomic mass is 10.3. The van der Waals surface area contributed by atoms with Gasteiger partial charge in [-0.15, -0.1) is 0 Å². The molecule has 0 saturated carbocycles. The molecule has 12 heavy (non-hydrogen) atoms. The number of fused-ring (bicyclic) bond motifs is 1. The van der Waals surface area contributed by atoms with Crippen LogP contribution in [0, 0.1) is 0 Å². The fraction of sp³-hybridized carbons (Fsp3) is 0.333. The molecule has 2 aromatic rings. The van der Waals surface area contributed by atoms with Gasteiger partial charge in [-0.05, 0) is 12.1 Å². The molecule has 0 aliphatic rings. The van der Waals surface area contributed by atoms with Crippen LogP contribution in [0.1, 0.15) is 20.3 Å². The highest BCUT2D eigenvalue weighted by molar-refractivity contribution is 7.00. The molecule has 0 aliphatic carbocycles. The minimum Gasteiger partial charge on any atom is -0.173 e. The molecule has 64 valence electrons. The van der Waals surface area contributed by atoms with Gasteiger partial charge in [0.25, 0.3) is 0 Å². The van der Waals surface area contributed by atoms with E-state index in [0.29, 0.717) is 0 Å². The zero-order valence-electron chi connectivity index (χ0n) is 7.32. The van der Waals surface area contributed by atoms with Gasteiger partial charge < -0.3 is 0 Å². The maximum Gasteiger partial charge on any atom is 0.104 e. The summed E-state index contributed by atoms with van der Waals surface area (Å²) >= 11 is 1.25. The normalized spacial score (nSPS) is 9.17. The Hall–Kier alpha value is -0.960. The molecule has 2 nitrogen and oxygen atoms in total. The van der Waals surface area contributed by atoms with E-state index in [0.717, 1.165) is 11.0 Å². The Labute approximate surface area is 76.6 Å². The molecule has 0 amide bonds. The van der Waals surface area contributed by atoms with Crippen LogP contribution in [0.25, 0.3) is 11.0 Å². The average Bonchev–Trinajstić information content (AvgIpc) is 2.52. The summed E-state index contributed by atoms with van der Waals surface area (Å²) in [5.41, 5.74) is 1.98. The molecule has 0 saturated heterocycles. The van der Waals surface area contributed by atoms with E-state index in [1.54, 1.807) is 0 Å². The third-order valence-electron chi connectivity index (χ3n) is 1.16. The number of nitrogens with zero attached hydrogens (tertiary/aromatic N) is 2. The van der Waals surface area contributed by atoms with Crippen molar-refractivity contribution in [3.63, 3.8) is 0 Å². The average molecular weight is 180 g/mol. The van der Waals surface area contributed by atoms with Crippen LogP contribution in [0.4, 0.5) is 0 Å². The first-order valence-corrected chi connectivity index (χ1v) is 4.78. The zero-order chi connectivity index (χ0) is 8.81. The van der Waals surface area contributed by atoms with Crippen molar-refractivity contribution < 1.29 is 0 Å². The Bertz CT molecular complexity index is 300. The molecular formula is C9H12N2S. The Kier molecular flexibility index (Phi) is 3.67. The van der Waals surface area contributed by atoms with Crippen LogP contribution >= 0.6 is 11.7 Å². The molecular weight excluding hydrogens is 168 g/mol. The van der Waals surface area contributed by atoms with Crippen LogP contribution in [0.2, 0.25) is 0 Å². The molecule has 0 fully saturated rings. The first-order valence-electron chi connectivity index (χ1n) is 4.05. The van der Waals surface area contributed by atoms with Gasteiger partial charge in [0.1, 0.15) is 11.0 Å². The van der Waals surface area contributed by atoms with Gasteiger partial charge in [-0.3, -0.25) is 0 Å². The van der Waals surface area contributed by atoms with Crippen molar-refractivity contribution in [2.75, 3.05) is 0 Å². The van der Waals surface area contributed by atoms with E-state index >= 15 is 0 Å². The Morgan fingerprint density at radius 2 is 1.50 bits per heavy atom. The number of hydrogen-bond acceptors (Lipinski definition) is 3. The highest BCUT2D eigenvalue weighted by atomic mass is 32.1. The molecule has 0 bridgehead atoms. The molecule has 1 aromatic carbocycles. The third-order valence-corrected chi connectivity index (χ3v) is 1.72. The van der Waals surface area contributed by atoms with E-state index in [1.807, 2.05) is 24.3 Å². The van der Waals surface area contributed by atoms with Gasteiger partial charge in [0.15, 0.2) is 0 Å². The maximum absolute atomic E-state index is 4.05. The minimum atomic E-state index is 0.988. The van der Waals surface area contributed by atoms with E-state index in [-0.39, 0.29) is 0 Å². The van der Waals surface area contributed by atoms with Crippen LogP contribution in [-0.4, -0.2) is 8.75 Å². The van der Waals surface area contributed by atoms with Gasteiger partial charge in [-0.2, -0.15) is 8.75 Å². The first-order chi connectivity index (χ1) is 5.88. The molecule has 0 N–H and O–H groups in total. The Morgan fingerprint density at radius 1 is 1.08 bits per heavy atom. The molecule has 0 radical (unpaired) electrons. The Morgan fingerprint density at radius 3 is 1.92 bits per heavy atom. The molecule has 0 atom stereocenters. The summed E-state index contributed by atoms with van der Waals surface area (Å²) in [4.78, 5) is 0. The SMILES string of the molecule is CCC.c1ccc2nsnc2c1. The second kappa shape index (κ2) is 4.83. The summed E-state index contributed by atoms with van der Waals surface area (Å²) in [5.74, 6) is 0. The van der Waals surface area contributed by atoms with E-state index < -0.39 is 0 Å². The molecule has 0 aliphatic heterocycles. The van der Waals surface area contributed by atoms with Crippen molar-refractivity contribution in [2.45, 2.75) is 20.3 Å². The highest BCUT2D eigenvalue weighted by Crippen LogP contribution is 2.08. The monoisotopic (exact) mass is 180 g/mol. The minimum absolute atomic E-state index is 0.988. The van der Waals surface area contributed by atoms with Crippen molar-refractivity contribution in [3.05, 3.63) is 24.3 Å². The number of benzene rings is 1. The lowest BCUT2D eigenvalue weighted by Crippen LogP contribution is -1.63. The number of hydrogen-bond donors (Lipinski definition) is 0. The summed E-state index contributed by atoms with van der Waals surface area (Å²) < 4.78 is 8.10. The fourth-order valence-corrected chi connectivity index (χ4v) is 1.25. The first kappa shape index (κ1) is 9.13. The summed E-state index contributed by atoms with van der Waals surface area (Å²) in [6, 6.07) is 7.84. The second-order valence-electron chi connectivity index (χ2n) is 2.46. The molecule has 1 aromatic heterocycles.